The van der Waals surface area contributed by atoms with Crippen molar-refractivity contribution in [3.8, 4) is 0 Å². The molecule has 0 aliphatic carbocycles. The molecule has 0 aliphatic rings. The Kier molecular flexibility index (Phi) is 5.81. The number of amides is 1. The zero-order valence-corrected chi connectivity index (χ0v) is 10.5. The number of hydrogen-bond donors (Lipinski definition) is 3. The summed E-state index contributed by atoms with van der Waals surface area (Å²) >= 11 is 0. The first-order chi connectivity index (χ1) is 9.11. The molecule has 3 N–H and O–H groups in total. The van der Waals surface area contributed by atoms with Gasteiger partial charge in [-0.2, -0.15) is 0 Å². The topological polar surface area (TPSA) is 91.3 Å². The summed E-state index contributed by atoms with van der Waals surface area (Å²) in [6, 6.07) is 9.30. The monoisotopic (exact) mass is 261 g/mol. The highest BCUT2D eigenvalue weighted by atomic mass is 16.5. The Hall–Kier alpha value is -2.63. The number of rotatable bonds is 6. The van der Waals surface area contributed by atoms with Crippen LogP contribution in [0.5, 0.6) is 0 Å². The number of esters is 1. The summed E-state index contributed by atoms with van der Waals surface area (Å²) in [5.41, 5.74) is 1.09. The SMILES string of the molecule is CC(=O)OCC(=O)N/C(C=N)=C/Nc1ccccc1. The lowest BCUT2D eigenvalue weighted by Gasteiger charge is -2.06. The van der Waals surface area contributed by atoms with E-state index < -0.39 is 11.9 Å². The van der Waals surface area contributed by atoms with Gasteiger partial charge in [-0.05, 0) is 12.1 Å². The van der Waals surface area contributed by atoms with Gasteiger partial charge in [0.05, 0.1) is 5.70 Å². The van der Waals surface area contributed by atoms with Crippen molar-refractivity contribution in [2.24, 2.45) is 0 Å². The molecule has 0 fully saturated rings. The Morgan fingerprint density at radius 1 is 1.32 bits per heavy atom. The van der Waals surface area contributed by atoms with E-state index in [9.17, 15) is 9.59 Å². The van der Waals surface area contributed by atoms with Crippen LogP contribution >= 0.6 is 0 Å². The van der Waals surface area contributed by atoms with E-state index in [1.165, 1.54) is 13.1 Å². The van der Waals surface area contributed by atoms with Crippen LogP contribution in [0.25, 0.3) is 0 Å². The molecule has 19 heavy (non-hydrogen) atoms. The number of benzene rings is 1. The van der Waals surface area contributed by atoms with Crippen molar-refractivity contribution in [1.82, 2.24) is 5.32 Å². The second-order valence-electron chi connectivity index (χ2n) is 3.58. The molecule has 100 valence electrons. The molecule has 0 saturated heterocycles. The van der Waals surface area contributed by atoms with Crippen molar-refractivity contribution in [2.75, 3.05) is 11.9 Å². The highest BCUT2D eigenvalue weighted by Gasteiger charge is 2.04. The predicted octanol–water partition coefficient (Wildman–Crippen LogP) is 1.27. The van der Waals surface area contributed by atoms with Gasteiger partial charge in [-0.15, -0.1) is 0 Å². The first-order valence-corrected chi connectivity index (χ1v) is 5.57. The van der Waals surface area contributed by atoms with Crippen LogP contribution in [0.4, 0.5) is 5.69 Å². The minimum Gasteiger partial charge on any atom is -0.456 e. The van der Waals surface area contributed by atoms with E-state index in [-0.39, 0.29) is 12.3 Å². The van der Waals surface area contributed by atoms with Crippen LogP contribution < -0.4 is 10.6 Å². The number of anilines is 1. The van der Waals surface area contributed by atoms with Gasteiger partial charge in [0.1, 0.15) is 0 Å². The molecule has 1 aromatic rings. The summed E-state index contributed by atoms with van der Waals surface area (Å²) in [6.45, 7) is 0.851. The third kappa shape index (κ3) is 6.02. The van der Waals surface area contributed by atoms with Gasteiger partial charge >= 0.3 is 5.97 Å². The Morgan fingerprint density at radius 2 is 2.00 bits per heavy atom. The van der Waals surface area contributed by atoms with Crippen LogP contribution in [0.1, 0.15) is 6.92 Å². The van der Waals surface area contributed by atoms with Gasteiger partial charge in [-0.25, -0.2) is 0 Å². The molecule has 1 amide bonds. The average molecular weight is 261 g/mol. The maximum atomic E-state index is 11.4. The zero-order valence-electron chi connectivity index (χ0n) is 10.5. The summed E-state index contributed by atoms with van der Waals surface area (Å²) in [7, 11) is 0. The highest BCUT2D eigenvalue weighted by Crippen LogP contribution is 2.04. The molecule has 1 aromatic carbocycles. The molecule has 0 radical (unpaired) electrons. The van der Waals surface area contributed by atoms with Gasteiger partial charge in [0, 0.05) is 25.0 Å². The van der Waals surface area contributed by atoms with Crippen LogP contribution in [0.2, 0.25) is 0 Å². The van der Waals surface area contributed by atoms with E-state index in [2.05, 4.69) is 15.4 Å². The second kappa shape index (κ2) is 7.65. The van der Waals surface area contributed by atoms with Crippen LogP contribution in [-0.2, 0) is 14.3 Å². The lowest BCUT2D eigenvalue weighted by molar-refractivity contribution is -0.146. The van der Waals surface area contributed by atoms with Crippen molar-refractivity contribution in [1.29, 1.82) is 5.41 Å². The number of carbonyl (C=O) groups is 2. The molecule has 0 heterocycles. The third-order valence-corrected chi connectivity index (χ3v) is 2.01. The number of carbonyl (C=O) groups excluding carboxylic acids is 2. The third-order valence-electron chi connectivity index (χ3n) is 2.01. The number of para-hydroxylation sites is 1. The normalized spacial score (nSPS) is 10.5. The molecule has 6 nitrogen and oxygen atoms in total. The molecule has 1 rings (SSSR count). The summed E-state index contributed by atoms with van der Waals surface area (Å²) in [5, 5.41) is 12.5. The molecule has 0 bridgehead atoms. The molecular weight excluding hydrogens is 246 g/mol. The maximum Gasteiger partial charge on any atom is 0.303 e. The molecule has 0 saturated carbocycles. The largest absolute Gasteiger partial charge is 0.456 e. The van der Waals surface area contributed by atoms with Crippen LogP contribution in [0, 0.1) is 5.41 Å². The fraction of sp³-hybridized carbons (Fsp3) is 0.154. The number of ether oxygens (including phenoxy) is 1. The molecule has 0 unspecified atom stereocenters. The molecule has 0 aromatic heterocycles. The molecule has 0 atom stereocenters. The van der Waals surface area contributed by atoms with Gasteiger partial charge in [0.15, 0.2) is 6.61 Å². The first kappa shape index (κ1) is 14.4. The Labute approximate surface area is 111 Å². The standard InChI is InChI=1S/C13H15N3O3/c1-10(17)19-9-13(18)16-12(7-14)8-15-11-5-3-2-4-6-11/h2-8,14-15H,9H2,1H3,(H,16,18)/b12-8+,14-7?. The van der Waals surface area contributed by atoms with Crippen molar-refractivity contribution in [2.45, 2.75) is 6.92 Å². The molecule has 6 heteroatoms. The quantitative estimate of drug-likeness (QED) is 0.531. The van der Waals surface area contributed by atoms with Gasteiger partial charge in [0.2, 0.25) is 0 Å². The van der Waals surface area contributed by atoms with Crippen molar-refractivity contribution in [3.63, 3.8) is 0 Å². The maximum absolute atomic E-state index is 11.4. The van der Waals surface area contributed by atoms with Crippen molar-refractivity contribution in [3.05, 3.63) is 42.2 Å². The van der Waals surface area contributed by atoms with Crippen LogP contribution in [0.3, 0.4) is 0 Å². The van der Waals surface area contributed by atoms with E-state index in [4.69, 9.17) is 5.41 Å². The fourth-order valence-corrected chi connectivity index (χ4v) is 1.17. The van der Waals surface area contributed by atoms with Crippen molar-refractivity contribution >= 4 is 23.8 Å². The van der Waals surface area contributed by atoms with E-state index in [1.54, 1.807) is 0 Å². The summed E-state index contributed by atoms with van der Waals surface area (Å²) in [4.78, 5) is 21.9. The molecule has 0 aliphatic heterocycles. The van der Waals surface area contributed by atoms with Gasteiger partial charge < -0.3 is 20.8 Å². The minimum absolute atomic E-state index is 0.265. The fourth-order valence-electron chi connectivity index (χ4n) is 1.17. The predicted molar refractivity (Wildman–Crippen MR) is 71.7 cm³/mol. The lowest BCUT2D eigenvalue weighted by Crippen LogP contribution is -2.28. The molecular formula is C13H15N3O3. The van der Waals surface area contributed by atoms with Crippen LogP contribution in [-0.4, -0.2) is 24.7 Å². The number of nitrogens with one attached hydrogen (secondary N) is 3. The second-order valence-corrected chi connectivity index (χ2v) is 3.58. The van der Waals surface area contributed by atoms with E-state index in [0.29, 0.717) is 0 Å². The highest BCUT2D eigenvalue weighted by molar-refractivity contribution is 5.88. The van der Waals surface area contributed by atoms with E-state index in [1.807, 2.05) is 30.3 Å². The Bertz CT molecular complexity index is 483. The number of hydrogen-bond acceptors (Lipinski definition) is 5. The molecule has 0 spiro atoms. The van der Waals surface area contributed by atoms with Gasteiger partial charge in [-0.3, -0.25) is 9.59 Å². The average Bonchev–Trinajstić information content (AvgIpc) is 2.42. The van der Waals surface area contributed by atoms with Gasteiger partial charge in [-0.1, -0.05) is 18.2 Å². The first-order valence-electron chi connectivity index (χ1n) is 5.57. The number of allylic oxidation sites excluding steroid dienone is 1. The Morgan fingerprint density at radius 3 is 2.58 bits per heavy atom. The zero-order chi connectivity index (χ0) is 14.1. The van der Waals surface area contributed by atoms with Gasteiger partial charge in [0.25, 0.3) is 5.91 Å². The van der Waals surface area contributed by atoms with Crippen LogP contribution in [0.15, 0.2) is 42.2 Å². The van der Waals surface area contributed by atoms with Crippen molar-refractivity contribution < 1.29 is 14.3 Å². The van der Waals surface area contributed by atoms with E-state index >= 15 is 0 Å². The smallest absolute Gasteiger partial charge is 0.303 e. The van der Waals surface area contributed by atoms with E-state index in [0.717, 1.165) is 11.9 Å². The minimum atomic E-state index is -0.530. The summed E-state index contributed by atoms with van der Waals surface area (Å²) < 4.78 is 4.54. The lowest BCUT2D eigenvalue weighted by atomic mass is 10.3. The Balaban J connectivity index is 2.51. The summed E-state index contributed by atoms with van der Waals surface area (Å²) in [5.74, 6) is -1.03. The summed E-state index contributed by atoms with van der Waals surface area (Å²) in [6.07, 6.45) is 2.47.